The van der Waals surface area contributed by atoms with Gasteiger partial charge in [-0.05, 0) is 49.7 Å². The molecule has 0 spiro atoms. The largest absolute Gasteiger partial charge is 0.496 e. The van der Waals surface area contributed by atoms with E-state index >= 15 is 0 Å². The molecular formula is C25H28N2O5S. The summed E-state index contributed by atoms with van der Waals surface area (Å²) in [5.74, 6) is 0.402. The zero-order valence-corrected chi connectivity index (χ0v) is 19.9. The van der Waals surface area contributed by atoms with Crippen molar-refractivity contribution in [3.63, 3.8) is 0 Å². The lowest BCUT2D eigenvalue weighted by molar-refractivity contribution is -0.120. The van der Waals surface area contributed by atoms with E-state index in [2.05, 4.69) is 5.32 Å². The minimum absolute atomic E-state index is 0.000528. The fourth-order valence-corrected chi connectivity index (χ4v) is 5.20. The number of hydrogen-bond donors (Lipinski definition) is 1. The number of hydrogen-bond acceptors (Lipinski definition) is 5. The molecule has 0 fully saturated rings. The third-order valence-electron chi connectivity index (χ3n) is 5.20. The summed E-state index contributed by atoms with van der Waals surface area (Å²) in [6.45, 7) is 3.22. The number of benzene rings is 3. The second-order valence-electron chi connectivity index (χ2n) is 7.53. The smallest absolute Gasteiger partial charge is 0.268 e. The summed E-state index contributed by atoms with van der Waals surface area (Å²) in [5.41, 5.74) is 1.93. The lowest BCUT2D eigenvalue weighted by Crippen LogP contribution is -2.41. The molecule has 8 heteroatoms. The summed E-state index contributed by atoms with van der Waals surface area (Å²) >= 11 is 0. The second-order valence-corrected chi connectivity index (χ2v) is 9.36. The number of carbonyl (C=O) groups excluding carboxylic acids is 1. The fraction of sp³-hybridized carbons (Fsp3) is 0.240. The van der Waals surface area contributed by atoms with E-state index in [0.29, 0.717) is 11.4 Å². The Balaban J connectivity index is 1.94. The highest BCUT2D eigenvalue weighted by atomic mass is 32.2. The first-order valence-corrected chi connectivity index (χ1v) is 11.9. The molecule has 1 atom stereocenters. The van der Waals surface area contributed by atoms with E-state index in [1.807, 2.05) is 31.2 Å². The van der Waals surface area contributed by atoms with Gasteiger partial charge in [0.1, 0.15) is 22.9 Å². The van der Waals surface area contributed by atoms with Gasteiger partial charge in [0.05, 0.1) is 25.9 Å². The average Bonchev–Trinajstić information content (AvgIpc) is 2.82. The topological polar surface area (TPSA) is 84.9 Å². The van der Waals surface area contributed by atoms with Gasteiger partial charge in [-0.3, -0.25) is 9.10 Å². The molecule has 0 heterocycles. The average molecular weight is 469 g/mol. The van der Waals surface area contributed by atoms with Crippen LogP contribution < -0.4 is 19.1 Å². The summed E-state index contributed by atoms with van der Waals surface area (Å²) in [4.78, 5) is 13.0. The number of para-hydroxylation sites is 2. The van der Waals surface area contributed by atoms with Gasteiger partial charge in [-0.25, -0.2) is 8.42 Å². The molecule has 0 radical (unpaired) electrons. The molecule has 0 aliphatic carbocycles. The quantitative estimate of drug-likeness (QED) is 0.511. The van der Waals surface area contributed by atoms with Crippen molar-refractivity contribution in [2.24, 2.45) is 0 Å². The highest BCUT2D eigenvalue weighted by Crippen LogP contribution is 2.31. The van der Waals surface area contributed by atoms with Crippen LogP contribution in [0.1, 0.15) is 24.1 Å². The Labute approximate surface area is 195 Å². The standard InChI is InChI=1S/C25H28N2O5S/c1-18-14-15-23(32-4)24(16-18)33(29,30)27(20-10-6-5-7-11-20)17-25(28)26-19(2)21-12-8-9-13-22(21)31-3/h5-16,19H,17H2,1-4H3,(H,26,28). The first-order chi connectivity index (χ1) is 15.8. The lowest BCUT2D eigenvalue weighted by atomic mass is 10.1. The van der Waals surface area contributed by atoms with Gasteiger partial charge in [-0.2, -0.15) is 0 Å². The van der Waals surface area contributed by atoms with Gasteiger partial charge in [0.2, 0.25) is 5.91 Å². The van der Waals surface area contributed by atoms with Crippen molar-refractivity contribution in [2.45, 2.75) is 24.8 Å². The van der Waals surface area contributed by atoms with E-state index in [0.717, 1.165) is 15.4 Å². The lowest BCUT2D eigenvalue weighted by Gasteiger charge is -2.26. The summed E-state index contributed by atoms with van der Waals surface area (Å²) in [7, 11) is -1.13. The molecule has 0 aliphatic rings. The molecule has 3 aromatic rings. The van der Waals surface area contributed by atoms with Crippen LogP contribution in [0.25, 0.3) is 0 Å². The molecule has 1 amide bonds. The number of ether oxygens (including phenoxy) is 2. The summed E-state index contributed by atoms with van der Waals surface area (Å²) < 4.78 is 39.2. The number of carbonyl (C=O) groups is 1. The van der Waals surface area contributed by atoms with Crippen LogP contribution in [0.2, 0.25) is 0 Å². The van der Waals surface area contributed by atoms with Crippen LogP contribution in [-0.4, -0.2) is 35.1 Å². The van der Waals surface area contributed by atoms with Gasteiger partial charge in [0.25, 0.3) is 10.0 Å². The monoisotopic (exact) mass is 468 g/mol. The molecule has 0 aromatic heterocycles. The minimum Gasteiger partial charge on any atom is -0.496 e. The van der Waals surface area contributed by atoms with Crippen molar-refractivity contribution in [3.05, 3.63) is 83.9 Å². The Morgan fingerprint density at radius 3 is 2.24 bits per heavy atom. The van der Waals surface area contributed by atoms with Crippen molar-refractivity contribution in [3.8, 4) is 11.5 Å². The highest BCUT2D eigenvalue weighted by Gasteiger charge is 2.30. The van der Waals surface area contributed by atoms with Crippen LogP contribution in [0.4, 0.5) is 5.69 Å². The zero-order valence-electron chi connectivity index (χ0n) is 19.1. The van der Waals surface area contributed by atoms with Crippen LogP contribution in [0.5, 0.6) is 11.5 Å². The van der Waals surface area contributed by atoms with Crippen LogP contribution in [0.15, 0.2) is 77.7 Å². The number of nitrogens with one attached hydrogen (secondary N) is 1. The SMILES string of the molecule is COc1ccccc1C(C)NC(=O)CN(c1ccccc1)S(=O)(=O)c1cc(C)ccc1OC. The number of sulfonamides is 1. The maximum Gasteiger partial charge on any atom is 0.268 e. The molecule has 3 rings (SSSR count). The maximum absolute atomic E-state index is 13.7. The van der Waals surface area contributed by atoms with Gasteiger partial charge in [0.15, 0.2) is 0 Å². The third-order valence-corrected chi connectivity index (χ3v) is 7.00. The second kappa shape index (κ2) is 10.4. The molecule has 7 nitrogen and oxygen atoms in total. The molecule has 33 heavy (non-hydrogen) atoms. The Hall–Kier alpha value is -3.52. The van der Waals surface area contributed by atoms with Gasteiger partial charge in [0, 0.05) is 5.56 Å². The molecule has 0 aliphatic heterocycles. The Morgan fingerprint density at radius 2 is 1.58 bits per heavy atom. The molecule has 0 saturated heterocycles. The Morgan fingerprint density at radius 1 is 0.939 bits per heavy atom. The van der Waals surface area contributed by atoms with Crippen LogP contribution >= 0.6 is 0 Å². The number of nitrogens with zero attached hydrogens (tertiary/aromatic N) is 1. The number of anilines is 1. The molecular weight excluding hydrogens is 440 g/mol. The molecule has 3 aromatic carbocycles. The minimum atomic E-state index is -4.10. The van der Waals surface area contributed by atoms with Gasteiger partial charge < -0.3 is 14.8 Å². The molecule has 174 valence electrons. The van der Waals surface area contributed by atoms with Crippen LogP contribution in [-0.2, 0) is 14.8 Å². The highest BCUT2D eigenvalue weighted by molar-refractivity contribution is 7.93. The van der Waals surface area contributed by atoms with Crippen molar-refractivity contribution in [1.82, 2.24) is 5.32 Å². The normalized spacial score (nSPS) is 12.0. The number of methoxy groups -OCH3 is 2. The van der Waals surface area contributed by atoms with Crippen LogP contribution in [0.3, 0.4) is 0 Å². The number of rotatable bonds is 9. The number of aryl methyl sites for hydroxylation is 1. The first-order valence-electron chi connectivity index (χ1n) is 10.4. The predicted octanol–water partition coefficient (Wildman–Crippen LogP) is 4.08. The van der Waals surface area contributed by atoms with E-state index in [1.54, 1.807) is 62.6 Å². The van der Waals surface area contributed by atoms with E-state index in [-0.39, 0.29) is 16.7 Å². The summed E-state index contributed by atoms with van der Waals surface area (Å²) in [6, 6.07) is 20.4. The molecule has 0 saturated carbocycles. The predicted molar refractivity (Wildman–Crippen MR) is 128 cm³/mol. The maximum atomic E-state index is 13.7. The molecule has 1 N–H and O–H groups in total. The summed E-state index contributed by atoms with van der Waals surface area (Å²) in [6.07, 6.45) is 0. The van der Waals surface area contributed by atoms with E-state index in [1.165, 1.54) is 7.11 Å². The van der Waals surface area contributed by atoms with Gasteiger partial charge >= 0.3 is 0 Å². The third kappa shape index (κ3) is 5.46. The summed E-state index contributed by atoms with van der Waals surface area (Å²) in [5, 5.41) is 2.88. The van der Waals surface area contributed by atoms with E-state index in [9.17, 15) is 13.2 Å². The molecule has 0 bridgehead atoms. The van der Waals surface area contributed by atoms with Crippen molar-refractivity contribution >= 4 is 21.6 Å². The zero-order chi connectivity index (χ0) is 24.0. The van der Waals surface area contributed by atoms with E-state index < -0.39 is 22.5 Å². The van der Waals surface area contributed by atoms with Gasteiger partial charge in [-0.15, -0.1) is 0 Å². The first kappa shape index (κ1) is 24.1. The van der Waals surface area contributed by atoms with Crippen LogP contribution in [0, 0.1) is 6.92 Å². The van der Waals surface area contributed by atoms with Crippen molar-refractivity contribution in [1.29, 1.82) is 0 Å². The number of amides is 1. The van der Waals surface area contributed by atoms with Gasteiger partial charge in [-0.1, -0.05) is 42.5 Å². The molecule has 1 unspecified atom stereocenters. The van der Waals surface area contributed by atoms with Crippen molar-refractivity contribution in [2.75, 3.05) is 25.1 Å². The Kier molecular flexibility index (Phi) is 7.60. The fourth-order valence-electron chi connectivity index (χ4n) is 3.53. The van der Waals surface area contributed by atoms with E-state index in [4.69, 9.17) is 9.47 Å². The Bertz CT molecular complexity index is 1210. The van der Waals surface area contributed by atoms with Crippen molar-refractivity contribution < 1.29 is 22.7 Å².